The van der Waals surface area contributed by atoms with E-state index in [1.54, 1.807) is 12.1 Å². The van der Waals surface area contributed by atoms with Gasteiger partial charge in [0.05, 0.1) is 6.04 Å². The van der Waals surface area contributed by atoms with Gasteiger partial charge in [-0.15, -0.1) is 0 Å². The van der Waals surface area contributed by atoms with E-state index in [0.29, 0.717) is 10.6 Å². The van der Waals surface area contributed by atoms with E-state index in [2.05, 4.69) is 31.9 Å². The van der Waals surface area contributed by atoms with E-state index < -0.39 is 11.9 Å². The quantitative estimate of drug-likeness (QED) is 0.759. The summed E-state index contributed by atoms with van der Waals surface area (Å²) in [5.41, 5.74) is 7.32. The predicted molar refractivity (Wildman–Crippen MR) is 79.3 cm³/mol. The summed E-state index contributed by atoms with van der Waals surface area (Å²) < 4.78 is 15.6. The van der Waals surface area contributed by atoms with Gasteiger partial charge in [-0.05, 0) is 35.9 Å². The van der Waals surface area contributed by atoms with Crippen molar-refractivity contribution in [2.45, 2.75) is 6.04 Å². The molecule has 2 aromatic carbocycles. The van der Waals surface area contributed by atoms with Crippen LogP contribution in [-0.4, -0.2) is 0 Å². The molecule has 0 aliphatic carbocycles. The van der Waals surface area contributed by atoms with Crippen LogP contribution in [0.4, 0.5) is 4.39 Å². The van der Waals surface area contributed by atoms with E-state index in [1.165, 1.54) is 6.07 Å². The van der Waals surface area contributed by atoms with Crippen molar-refractivity contribution in [1.29, 1.82) is 0 Å². The van der Waals surface area contributed by atoms with Gasteiger partial charge >= 0.3 is 0 Å². The van der Waals surface area contributed by atoms with Crippen LogP contribution in [0.3, 0.4) is 0 Å². The molecule has 0 heterocycles. The van der Waals surface area contributed by atoms with Gasteiger partial charge in [0.25, 0.3) is 0 Å². The Balaban J connectivity index is 2.44. The van der Waals surface area contributed by atoms with Crippen LogP contribution in [0.15, 0.2) is 45.3 Å². The van der Waals surface area contributed by atoms with Crippen molar-refractivity contribution in [2.24, 2.45) is 5.73 Å². The van der Waals surface area contributed by atoms with Gasteiger partial charge in [0.2, 0.25) is 0 Å². The zero-order valence-corrected chi connectivity index (χ0v) is 13.1. The minimum absolute atomic E-state index is 0.360. The molecule has 0 saturated heterocycles. The lowest BCUT2D eigenvalue weighted by Gasteiger charge is -2.14. The van der Waals surface area contributed by atoms with Gasteiger partial charge in [-0.25, -0.2) is 4.39 Å². The lowest BCUT2D eigenvalue weighted by Crippen LogP contribution is -2.13. The molecule has 0 saturated carbocycles. The Morgan fingerprint density at radius 2 is 1.67 bits per heavy atom. The molecule has 2 aromatic rings. The summed E-state index contributed by atoms with van der Waals surface area (Å²) in [6.45, 7) is 0. The molecule has 0 spiro atoms. The molecular weight excluding hydrogens is 384 g/mol. The number of hydrogen-bond donors (Lipinski definition) is 1. The molecule has 1 atom stereocenters. The first-order valence-corrected chi connectivity index (χ1v) is 7.10. The molecule has 0 aliphatic heterocycles. The Bertz CT molecular complexity index is 569. The minimum Gasteiger partial charge on any atom is -0.320 e. The Morgan fingerprint density at radius 3 is 2.22 bits per heavy atom. The molecule has 0 fully saturated rings. The topological polar surface area (TPSA) is 26.0 Å². The SMILES string of the molecule is NC(c1cc(Br)cc(Br)c1)c1ccc(Cl)cc1F. The summed E-state index contributed by atoms with van der Waals surface area (Å²) in [5.74, 6) is -0.397. The second kappa shape index (κ2) is 5.70. The van der Waals surface area contributed by atoms with E-state index in [9.17, 15) is 4.39 Å². The highest BCUT2D eigenvalue weighted by atomic mass is 79.9. The van der Waals surface area contributed by atoms with Gasteiger partial charge in [0, 0.05) is 19.5 Å². The lowest BCUT2D eigenvalue weighted by atomic mass is 9.99. The van der Waals surface area contributed by atoms with Crippen LogP contribution in [0.2, 0.25) is 5.02 Å². The Morgan fingerprint density at radius 1 is 1.06 bits per heavy atom. The first-order chi connectivity index (χ1) is 8.47. The number of hydrogen-bond acceptors (Lipinski definition) is 1. The Kier molecular flexibility index (Phi) is 4.43. The van der Waals surface area contributed by atoms with Gasteiger partial charge in [-0.1, -0.05) is 49.5 Å². The average molecular weight is 393 g/mol. The Hall–Kier alpha value is -0.420. The maximum absolute atomic E-state index is 13.8. The summed E-state index contributed by atoms with van der Waals surface area (Å²) in [6.07, 6.45) is 0. The van der Waals surface area contributed by atoms with E-state index in [0.717, 1.165) is 14.5 Å². The van der Waals surface area contributed by atoms with E-state index >= 15 is 0 Å². The van der Waals surface area contributed by atoms with Crippen LogP contribution in [0.25, 0.3) is 0 Å². The molecule has 94 valence electrons. The molecule has 1 unspecified atom stereocenters. The molecule has 0 aliphatic rings. The average Bonchev–Trinajstić information content (AvgIpc) is 2.26. The van der Waals surface area contributed by atoms with Gasteiger partial charge in [-0.2, -0.15) is 0 Å². The van der Waals surface area contributed by atoms with Gasteiger partial charge in [0.15, 0.2) is 0 Å². The molecule has 18 heavy (non-hydrogen) atoms. The molecule has 1 nitrogen and oxygen atoms in total. The summed E-state index contributed by atoms with van der Waals surface area (Å²) >= 11 is 12.5. The van der Waals surface area contributed by atoms with Crippen molar-refractivity contribution in [2.75, 3.05) is 0 Å². The highest BCUT2D eigenvalue weighted by molar-refractivity contribution is 9.11. The van der Waals surface area contributed by atoms with Crippen LogP contribution in [0, 0.1) is 5.82 Å². The predicted octanol–water partition coefficient (Wildman–Crippen LogP) is 5.05. The maximum atomic E-state index is 13.8. The molecule has 0 bridgehead atoms. The first-order valence-electron chi connectivity index (χ1n) is 5.14. The number of benzene rings is 2. The van der Waals surface area contributed by atoms with E-state index in [4.69, 9.17) is 17.3 Å². The largest absolute Gasteiger partial charge is 0.320 e. The summed E-state index contributed by atoms with van der Waals surface area (Å²) in [4.78, 5) is 0. The Labute approximate surface area is 126 Å². The molecule has 0 radical (unpaired) electrons. The van der Waals surface area contributed by atoms with Crippen molar-refractivity contribution >= 4 is 43.5 Å². The second-order valence-corrected chi connectivity index (χ2v) is 6.11. The van der Waals surface area contributed by atoms with Crippen LogP contribution in [0.5, 0.6) is 0 Å². The molecule has 0 aromatic heterocycles. The highest BCUT2D eigenvalue weighted by Crippen LogP contribution is 2.28. The fourth-order valence-corrected chi connectivity index (χ4v) is 3.18. The smallest absolute Gasteiger partial charge is 0.129 e. The van der Waals surface area contributed by atoms with Crippen LogP contribution >= 0.6 is 43.5 Å². The third-order valence-electron chi connectivity index (χ3n) is 2.54. The zero-order valence-electron chi connectivity index (χ0n) is 9.13. The van der Waals surface area contributed by atoms with Gasteiger partial charge in [-0.3, -0.25) is 0 Å². The third-order valence-corrected chi connectivity index (χ3v) is 3.69. The van der Waals surface area contributed by atoms with Crippen LogP contribution < -0.4 is 5.73 Å². The third kappa shape index (κ3) is 3.12. The number of halogens is 4. The fraction of sp³-hybridized carbons (Fsp3) is 0.0769. The van der Waals surface area contributed by atoms with Crippen molar-refractivity contribution < 1.29 is 4.39 Å². The van der Waals surface area contributed by atoms with Gasteiger partial charge in [0.1, 0.15) is 5.82 Å². The monoisotopic (exact) mass is 391 g/mol. The summed E-state index contributed by atoms with van der Waals surface area (Å²) in [6, 6.07) is 9.60. The minimum atomic E-state index is -0.531. The van der Waals surface area contributed by atoms with Crippen molar-refractivity contribution in [3.05, 3.63) is 67.3 Å². The number of rotatable bonds is 2. The van der Waals surface area contributed by atoms with Crippen LogP contribution in [0.1, 0.15) is 17.2 Å². The summed E-state index contributed by atoms with van der Waals surface area (Å²) in [7, 11) is 0. The van der Waals surface area contributed by atoms with Crippen molar-refractivity contribution in [1.82, 2.24) is 0 Å². The lowest BCUT2D eigenvalue weighted by molar-refractivity contribution is 0.599. The van der Waals surface area contributed by atoms with E-state index in [-0.39, 0.29) is 0 Å². The first kappa shape index (κ1) is 14.0. The standard InChI is InChI=1S/C13H9Br2ClFN/c14-8-3-7(4-9(15)5-8)13(18)11-2-1-10(16)6-12(11)17/h1-6,13H,18H2. The van der Waals surface area contributed by atoms with Crippen LogP contribution in [-0.2, 0) is 0 Å². The molecule has 5 heteroatoms. The molecule has 0 amide bonds. The fourth-order valence-electron chi connectivity index (χ4n) is 1.69. The van der Waals surface area contributed by atoms with Gasteiger partial charge < -0.3 is 5.73 Å². The van der Waals surface area contributed by atoms with E-state index in [1.807, 2.05) is 18.2 Å². The number of nitrogens with two attached hydrogens (primary N) is 1. The molecule has 2 rings (SSSR count). The normalized spacial score (nSPS) is 12.5. The maximum Gasteiger partial charge on any atom is 0.129 e. The van der Waals surface area contributed by atoms with Crippen molar-refractivity contribution in [3.8, 4) is 0 Å². The van der Waals surface area contributed by atoms with Crippen molar-refractivity contribution in [3.63, 3.8) is 0 Å². The highest BCUT2D eigenvalue weighted by Gasteiger charge is 2.14. The second-order valence-electron chi connectivity index (χ2n) is 3.85. The molecule has 2 N–H and O–H groups in total. The summed E-state index contributed by atoms with van der Waals surface area (Å²) in [5, 5.41) is 0.360. The zero-order chi connectivity index (χ0) is 13.3. The molecular formula is C13H9Br2ClFN.